The van der Waals surface area contributed by atoms with Crippen molar-refractivity contribution in [1.29, 1.82) is 0 Å². The van der Waals surface area contributed by atoms with E-state index < -0.39 is 41.9 Å². The molecule has 2 aromatic rings. The summed E-state index contributed by atoms with van der Waals surface area (Å²) >= 11 is 0. The maximum absolute atomic E-state index is 12.0. The van der Waals surface area contributed by atoms with E-state index in [9.17, 15) is 9.90 Å². The number of rotatable bonds is 5. The minimum Gasteiger partial charge on any atom is -0.508 e. The van der Waals surface area contributed by atoms with Gasteiger partial charge in [0.1, 0.15) is 18.4 Å². The molecule has 0 aromatic heterocycles. The van der Waals surface area contributed by atoms with Gasteiger partial charge in [-0.3, -0.25) is 4.79 Å². The summed E-state index contributed by atoms with van der Waals surface area (Å²) in [7, 11) is 0. The predicted molar refractivity (Wildman–Crippen MR) is 76.0 cm³/mol. The SMILES string of the molecule is [2H]c1c([2H])c(C[C@H](N)C(=O)OCc2ccccc2)c([2H])c([2H])c1O. The summed E-state index contributed by atoms with van der Waals surface area (Å²) < 4.78 is 35.8. The van der Waals surface area contributed by atoms with Gasteiger partial charge in [0.2, 0.25) is 0 Å². The Morgan fingerprint density at radius 2 is 1.85 bits per heavy atom. The van der Waals surface area contributed by atoms with Gasteiger partial charge in [-0.05, 0) is 29.6 Å². The molecule has 20 heavy (non-hydrogen) atoms. The van der Waals surface area contributed by atoms with Crippen LogP contribution >= 0.6 is 0 Å². The molecule has 4 nitrogen and oxygen atoms in total. The minimum absolute atomic E-state index is 0.0352. The molecule has 0 bridgehead atoms. The molecule has 104 valence electrons. The number of phenolic OH excluding ortho intramolecular Hbond substituents is 1. The number of hydrogen-bond acceptors (Lipinski definition) is 4. The van der Waals surface area contributed by atoms with Crippen molar-refractivity contribution < 1.29 is 20.1 Å². The smallest absolute Gasteiger partial charge is 0.323 e. The van der Waals surface area contributed by atoms with Gasteiger partial charge in [0.15, 0.2) is 0 Å². The molecule has 0 heterocycles. The molecule has 3 N–H and O–H groups in total. The lowest BCUT2D eigenvalue weighted by atomic mass is 10.1. The highest BCUT2D eigenvalue weighted by molar-refractivity contribution is 5.75. The van der Waals surface area contributed by atoms with Crippen molar-refractivity contribution in [3.63, 3.8) is 0 Å². The van der Waals surface area contributed by atoms with Gasteiger partial charge < -0.3 is 15.6 Å². The lowest BCUT2D eigenvalue weighted by Gasteiger charge is -2.11. The van der Waals surface area contributed by atoms with Gasteiger partial charge in [-0.25, -0.2) is 0 Å². The molecule has 2 rings (SSSR count). The monoisotopic (exact) mass is 275 g/mol. The molecule has 0 spiro atoms. The normalized spacial score (nSPS) is 14.7. The summed E-state index contributed by atoms with van der Waals surface area (Å²) in [5, 5.41) is 9.51. The van der Waals surface area contributed by atoms with E-state index in [2.05, 4.69) is 0 Å². The van der Waals surface area contributed by atoms with Gasteiger partial charge >= 0.3 is 5.97 Å². The molecule has 0 radical (unpaired) electrons. The zero-order valence-corrected chi connectivity index (χ0v) is 10.7. The van der Waals surface area contributed by atoms with Crippen molar-refractivity contribution in [2.75, 3.05) is 0 Å². The van der Waals surface area contributed by atoms with Crippen molar-refractivity contribution in [2.24, 2.45) is 5.73 Å². The largest absolute Gasteiger partial charge is 0.508 e. The Kier molecular flexibility index (Phi) is 3.21. The van der Waals surface area contributed by atoms with E-state index in [1.54, 1.807) is 12.1 Å². The standard InChI is InChI=1S/C16H17NO3/c17-15(10-12-6-8-14(18)9-7-12)16(19)20-11-13-4-2-1-3-5-13/h1-9,15,18H,10-11,17H2/t15-/m0/s1/i6D,7D,8D,9D. The number of carbonyl (C=O) groups is 1. The van der Waals surface area contributed by atoms with E-state index in [0.29, 0.717) is 0 Å². The Labute approximate surface area is 123 Å². The van der Waals surface area contributed by atoms with Crippen LogP contribution < -0.4 is 5.73 Å². The van der Waals surface area contributed by atoms with Gasteiger partial charge in [-0.15, -0.1) is 0 Å². The molecule has 0 saturated carbocycles. The molecule has 0 aliphatic heterocycles. The van der Waals surface area contributed by atoms with Crippen LogP contribution in [0.3, 0.4) is 0 Å². The molecular formula is C16H17NO3. The highest BCUT2D eigenvalue weighted by Crippen LogP contribution is 2.11. The van der Waals surface area contributed by atoms with Crippen molar-refractivity contribution in [1.82, 2.24) is 0 Å². The summed E-state index contributed by atoms with van der Waals surface area (Å²) in [5.74, 6) is -1.43. The summed E-state index contributed by atoms with van der Waals surface area (Å²) in [6.07, 6.45) is -0.219. The molecule has 0 aliphatic rings. The highest BCUT2D eigenvalue weighted by Gasteiger charge is 2.15. The first-order chi connectivity index (χ1) is 11.3. The maximum Gasteiger partial charge on any atom is 0.323 e. The molecular weight excluding hydrogens is 254 g/mol. The lowest BCUT2D eigenvalue weighted by Crippen LogP contribution is -2.34. The number of carbonyl (C=O) groups excluding carboxylic acids is 1. The first kappa shape index (κ1) is 9.55. The molecule has 0 aliphatic carbocycles. The molecule has 0 unspecified atom stereocenters. The maximum atomic E-state index is 12.0. The van der Waals surface area contributed by atoms with Gasteiger partial charge in [-0.2, -0.15) is 0 Å². The summed E-state index contributed by atoms with van der Waals surface area (Å²) in [6.45, 7) is 0.0534. The number of esters is 1. The van der Waals surface area contributed by atoms with Gasteiger partial charge in [0, 0.05) is 0 Å². The van der Waals surface area contributed by atoms with Crippen LogP contribution in [-0.2, 0) is 22.6 Å². The summed E-state index contributed by atoms with van der Waals surface area (Å²) in [4.78, 5) is 12.0. The average molecular weight is 275 g/mol. The Balaban J connectivity index is 2.09. The third-order valence-electron chi connectivity index (χ3n) is 2.61. The van der Waals surface area contributed by atoms with E-state index in [1.807, 2.05) is 18.2 Å². The Hall–Kier alpha value is -2.33. The summed E-state index contributed by atoms with van der Waals surface area (Å²) in [5.41, 5.74) is 6.53. The summed E-state index contributed by atoms with van der Waals surface area (Å²) in [6, 6.07) is 5.96. The number of aromatic hydroxyl groups is 1. The van der Waals surface area contributed by atoms with Crippen molar-refractivity contribution in [3.05, 3.63) is 65.6 Å². The molecule has 0 fully saturated rings. The quantitative estimate of drug-likeness (QED) is 0.819. The van der Waals surface area contributed by atoms with Crippen molar-refractivity contribution in [2.45, 2.75) is 19.1 Å². The molecule has 2 aromatic carbocycles. The van der Waals surface area contributed by atoms with Crippen LogP contribution in [0.25, 0.3) is 0 Å². The van der Waals surface area contributed by atoms with E-state index in [4.69, 9.17) is 16.0 Å². The number of nitrogens with two attached hydrogens (primary N) is 1. The molecule has 4 heteroatoms. The number of hydrogen-bond donors (Lipinski definition) is 2. The second-order valence-electron chi connectivity index (χ2n) is 4.23. The van der Waals surface area contributed by atoms with Crippen LogP contribution in [0, 0.1) is 0 Å². The van der Waals surface area contributed by atoms with E-state index in [0.717, 1.165) is 5.56 Å². The fourth-order valence-corrected chi connectivity index (χ4v) is 1.57. The van der Waals surface area contributed by atoms with Crippen LogP contribution in [-0.4, -0.2) is 17.1 Å². The number of phenols is 1. The van der Waals surface area contributed by atoms with Crippen molar-refractivity contribution in [3.8, 4) is 5.75 Å². The van der Waals surface area contributed by atoms with Crippen LogP contribution in [0.15, 0.2) is 54.5 Å². The third kappa shape index (κ3) is 4.10. The zero-order chi connectivity index (χ0) is 17.9. The number of benzene rings is 2. The van der Waals surface area contributed by atoms with E-state index in [1.165, 1.54) is 0 Å². The highest BCUT2D eigenvalue weighted by atomic mass is 16.5. The third-order valence-corrected chi connectivity index (χ3v) is 2.61. The Morgan fingerprint density at radius 3 is 2.50 bits per heavy atom. The van der Waals surface area contributed by atoms with E-state index >= 15 is 0 Å². The molecule has 0 amide bonds. The first-order valence-corrected chi connectivity index (χ1v) is 6.07. The predicted octanol–water partition coefficient (Wildman–Crippen LogP) is 2.01. The number of ether oxygens (including phenoxy) is 1. The lowest BCUT2D eigenvalue weighted by molar-refractivity contribution is -0.146. The minimum atomic E-state index is -1.13. The molecule has 0 saturated heterocycles. The molecule has 1 atom stereocenters. The zero-order valence-electron chi connectivity index (χ0n) is 14.7. The van der Waals surface area contributed by atoms with Gasteiger partial charge in [0.05, 0.1) is 5.48 Å². The Bertz CT molecular complexity index is 724. The van der Waals surface area contributed by atoms with Crippen LogP contribution in [0.4, 0.5) is 0 Å². The average Bonchev–Trinajstić information content (AvgIpc) is 2.60. The second kappa shape index (κ2) is 6.73. The Morgan fingerprint density at radius 1 is 1.20 bits per heavy atom. The van der Waals surface area contributed by atoms with Crippen LogP contribution in [0.5, 0.6) is 5.75 Å². The van der Waals surface area contributed by atoms with Crippen LogP contribution in [0.1, 0.15) is 16.6 Å². The van der Waals surface area contributed by atoms with Crippen LogP contribution in [0.2, 0.25) is 0 Å². The first-order valence-electron chi connectivity index (χ1n) is 8.07. The van der Waals surface area contributed by atoms with E-state index in [-0.39, 0.29) is 18.6 Å². The van der Waals surface area contributed by atoms with Gasteiger partial charge in [0.25, 0.3) is 0 Å². The van der Waals surface area contributed by atoms with Gasteiger partial charge in [-0.1, -0.05) is 42.4 Å². The fraction of sp³-hybridized carbons (Fsp3) is 0.188. The topological polar surface area (TPSA) is 72.6 Å². The second-order valence-corrected chi connectivity index (χ2v) is 4.23. The van der Waals surface area contributed by atoms with Crippen molar-refractivity contribution >= 4 is 5.97 Å². The fourth-order valence-electron chi connectivity index (χ4n) is 1.57.